The Labute approximate surface area is 123 Å². The van der Waals surface area contributed by atoms with Gasteiger partial charge >= 0.3 is 0 Å². The lowest BCUT2D eigenvalue weighted by Gasteiger charge is -2.11. The molecule has 0 saturated heterocycles. The zero-order valence-corrected chi connectivity index (χ0v) is 11.7. The molecule has 105 valence electrons. The Hall–Kier alpha value is -2.16. The molecule has 1 saturated carbocycles. The Balaban J connectivity index is 1.98. The first-order chi connectivity index (χ1) is 10.3. The second-order valence-corrected chi connectivity index (χ2v) is 5.66. The summed E-state index contributed by atoms with van der Waals surface area (Å²) < 4.78 is 16.3. The highest BCUT2D eigenvalue weighted by Gasteiger charge is 2.23. The first kappa shape index (κ1) is 12.6. The third kappa shape index (κ3) is 2.04. The van der Waals surface area contributed by atoms with Gasteiger partial charge in [-0.05, 0) is 25.0 Å². The van der Waals surface area contributed by atoms with Crippen molar-refractivity contribution in [3.8, 4) is 11.3 Å². The topological polar surface area (TPSA) is 17.8 Å². The predicted octanol–water partition coefficient (Wildman–Crippen LogP) is 4.76. The summed E-state index contributed by atoms with van der Waals surface area (Å²) in [6, 6.07) is 16.3. The molecule has 3 aromatic rings. The number of para-hydroxylation sites is 1. The van der Waals surface area contributed by atoms with Crippen LogP contribution in [0.5, 0.6) is 0 Å². The van der Waals surface area contributed by atoms with Crippen molar-refractivity contribution in [2.24, 2.45) is 0 Å². The maximum Gasteiger partial charge on any atom is 0.149 e. The molecule has 0 spiro atoms. The van der Waals surface area contributed by atoms with Gasteiger partial charge in [0, 0.05) is 10.9 Å². The molecule has 0 bridgehead atoms. The smallest absolute Gasteiger partial charge is 0.149 e. The maximum absolute atomic E-state index is 14.4. The largest absolute Gasteiger partial charge is 0.258 e. The van der Waals surface area contributed by atoms with Crippen LogP contribution in [0.2, 0.25) is 0 Å². The fraction of sp³-hybridized carbons (Fsp3) is 0.278. The van der Waals surface area contributed by atoms with E-state index in [1.165, 1.54) is 18.9 Å². The highest BCUT2D eigenvalue weighted by Crippen LogP contribution is 2.36. The number of halogens is 1. The van der Waals surface area contributed by atoms with Crippen molar-refractivity contribution in [1.29, 1.82) is 0 Å². The average Bonchev–Trinajstić information content (AvgIpc) is 3.16. The zero-order valence-electron chi connectivity index (χ0n) is 11.7. The molecule has 0 aliphatic heterocycles. The van der Waals surface area contributed by atoms with Crippen molar-refractivity contribution in [2.75, 3.05) is 0 Å². The highest BCUT2D eigenvalue weighted by molar-refractivity contribution is 5.93. The van der Waals surface area contributed by atoms with Crippen LogP contribution >= 0.6 is 0 Å². The zero-order chi connectivity index (χ0) is 14.2. The molecule has 3 heteroatoms. The number of aromatic nitrogens is 2. The molecule has 1 heterocycles. The molecule has 1 fully saturated rings. The second kappa shape index (κ2) is 4.99. The molecule has 0 unspecified atom stereocenters. The molecule has 1 radical (unpaired) electrons. The Kier molecular flexibility index (Phi) is 2.99. The standard InChI is InChI=1S/C18H16FN2/c19-16-12-6-11-15-17(13-7-2-1-3-8-13)20-21(18(15)16)14-9-4-5-10-14/h2-3,6-8,11-12,14H,4-5,9-10H2. The van der Waals surface area contributed by atoms with Gasteiger partial charge in [0.1, 0.15) is 17.0 Å². The van der Waals surface area contributed by atoms with E-state index in [4.69, 9.17) is 5.10 Å². The van der Waals surface area contributed by atoms with Crippen LogP contribution < -0.4 is 0 Å². The number of fused-ring (bicyclic) bond motifs is 1. The lowest BCUT2D eigenvalue weighted by atomic mass is 10.1. The molecule has 1 aliphatic rings. The number of rotatable bonds is 2. The molecule has 0 N–H and O–H groups in total. The van der Waals surface area contributed by atoms with Crippen LogP contribution in [-0.4, -0.2) is 9.78 Å². The van der Waals surface area contributed by atoms with E-state index >= 15 is 0 Å². The van der Waals surface area contributed by atoms with Gasteiger partial charge in [-0.3, -0.25) is 4.68 Å². The van der Waals surface area contributed by atoms with E-state index in [0.717, 1.165) is 29.5 Å². The van der Waals surface area contributed by atoms with Gasteiger partial charge in [0.15, 0.2) is 0 Å². The highest BCUT2D eigenvalue weighted by atomic mass is 19.1. The average molecular weight is 279 g/mol. The Morgan fingerprint density at radius 3 is 2.62 bits per heavy atom. The van der Waals surface area contributed by atoms with Crippen molar-refractivity contribution in [3.63, 3.8) is 0 Å². The molecule has 2 aromatic carbocycles. The third-order valence-electron chi connectivity index (χ3n) is 4.34. The lowest BCUT2D eigenvalue weighted by molar-refractivity contribution is 0.475. The van der Waals surface area contributed by atoms with Crippen molar-refractivity contribution in [3.05, 3.63) is 54.3 Å². The summed E-state index contributed by atoms with van der Waals surface area (Å²) in [6.07, 6.45) is 4.59. The van der Waals surface area contributed by atoms with Crippen molar-refractivity contribution >= 4 is 10.9 Å². The van der Waals surface area contributed by atoms with Gasteiger partial charge in [-0.2, -0.15) is 5.10 Å². The fourth-order valence-corrected chi connectivity index (χ4v) is 3.32. The SMILES string of the molecule is Fc1cccc2c(-c3cc[c]cc3)nn(C3CCCC3)c12. The summed E-state index contributed by atoms with van der Waals surface area (Å²) in [7, 11) is 0. The number of hydrogen-bond acceptors (Lipinski definition) is 1. The first-order valence-electron chi connectivity index (χ1n) is 7.48. The second-order valence-electron chi connectivity index (χ2n) is 5.66. The van der Waals surface area contributed by atoms with Crippen LogP contribution in [-0.2, 0) is 0 Å². The predicted molar refractivity (Wildman–Crippen MR) is 81.5 cm³/mol. The molecule has 1 aliphatic carbocycles. The lowest BCUT2D eigenvalue weighted by Crippen LogP contribution is -2.07. The van der Waals surface area contributed by atoms with Crippen molar-refractivity contribution < 1.29 is 4.39 Å². The number of nitrogens with zero attached hydrogens (tertiary/aromatic N) is 2. The van der Waals surface area contributed by atoms with Gasteiger partial charge in [-0.1, -0.05) is 49.2 Å². The summed E-state index contributed by atoms with van der Waals surface area (Å²) in [6.45, 7) is 0. The van der Waals surface area contributed by atoms with E-state index in [1.807, 2.05) is 35.0 Å². The maximum atomic E-state index is 14.4. The van der Waals surface area contributed by atoms with Crippen LogP contribution in [0.1, 0.15) is 31.7 Å². The summed E-state index contributed by atoms with van der Waals surface area (Å²) >= 11 is 0. The van der Waals surface area contributed by atoms with Gasteiger partial charge < -0.3 is 0 Å². The van der Waals surface area contributed by atoms with Crippen LogP contribution in [0.15, 0.2) is 42.5 Å². The quantitative estimate of drug-likeness (QED) is 0.661. The fourth-order valence-electron chi connectivity index (χ4n) is 3.32. The van der Waals surface area contributed by atoms with Gasteiger partial charge in [0.05, 0.1) is 6.04 Å². The van der Waals surface area contributed by atoms with Gasteiger partial charge in [0.2, 0.25) is 0 Å². The van der Waals surface area contributed by atoms with Crippen LogP contribution in [0.25, 0.3) is 22.2 Å². The minimum atomic E-state index is -0.180. The monoisotopic (exact) mass is 279 g/mol. The molecule has 1 aromatic heterocycles. The normalized spacial score (nSPS) is 15.9. The van der Waals surface area contributed by atoms with E-state index in [0.29, 0.717) is 11.6 Å². The van der Waals surface area contributed by atoms with Crippen LogP contribution in [0, 0.1) is 11.9 Å². The minimum absolute atomic E-state index is 0.180. The van der Waals surface area contributed by atoms with E-state index in [2.05, 4.69) is 6.07 Å². The summed E-state index contributed by atoms with van der Waals surface area (Å²) in [5.74, 6) is -0.180. The Morgan fingerprint density at radius 1 is 1.10 bits per heavy atom. The summed E-state index contributed by atoms with van der Waals surface area (Å²) in [5, 5.41) is 5.66. The van der Waals surface area contributed by atoms with E-state index in [9.17, 15) is 4.39 Å². The molecule has 4 rings (SSSR count). The minimum Gasteiger partial charge on any atom is -0.258 e. The van der Waals surface area contributed by atoms with Crippen LogP contribution in [0.3, 0.4) is 0 Å². The number of hydrogen-bond donors (Lipinski definition) is 0. The first-order valence-corrected chi connectivity index (χ1v) is 7.48. The van der Waals surface area contributed by atoms with Crippen molar-refractivity contribution in [1.82, 2.24) is 9.78 Å². The Morgan fingerprint density at radius 2 is 1.86 bits per heavy atom. The molecular formula is C18H16FN2. The van der Waals surface area contributed by atoms with Gasteiger partial charge in [-0.15, -0.1) is 0 Å². The molecule has 0 amide bonds. The summed E-state index contributed by atoms with van der Waals surface area (Å²) in [5.41, 5.74) is 2.53. The van der Waals surface area contributed by atoms with E-state index in [1.54, 1.807) is 6.07 Å². The molecule has 0 atom stereocenters. The number of benzene rings is 2. The van der Waals surface area contributed by atoms with Gasteiger partial charge in [0.25, 0.3) is 0 Å². The molecular weight excluding hydrogens is 263 g/mol. The summed E-state index contributed by atoms with van der Waals surface area (Å²) in [4.78, 5) is 0. The van der Waals surface area contributed by atoms with Crippen molar-refractivity contribution in [2.45, 2.75) is 31.7 Å². The molecule has 2 nitrogen and oxygen atoms in total. The van der Waals surface area contributed by atoms with Crippen LogP contribution in [0.4, 0.5) is 4.39 Å². The Bertz CT molecular complexity index is 771. The molecule has 21 heavy (non-hydrogen) atoms. The van der Waals surface area contributed by atoms with E-state index < -0.39 is 0 Å². The van der Waals surface area contributed by atoms with Gasteiger partial charge in [-0.25, -0.2) is 4.39 Å². The van der Waals surface area contributed by atoms with E-state index in [-0.39, 0.29) is 5.82 Å². The third-order valence-corrected chi connectivity index (χ3v) is 4.34.